The van der Waals surface area contributed by atoms with E-state index in [0.29, 0.717) is 31.2 Å². The lowest BCUT2D eigenvalue weighted by atomic mass is 10.2. The number of nitrogens with two attached hydrogens (primary N) is 2. The van der Waals surface area contributed by atoms with Gasteiger partial charge in [0.15, 0.2) is 0 Å². The van der Waals surface area contributed by atoms with Gasteiger partial charge in [-0.3, -0.25) is 9.69 Å². The van der Waals surface area contributed by atoms with E-state index < -0.39 is 0 Å². The molecule has 0 aliphatic carbocycles. The first kappa shape index (κ1) is 10.1. The number of nitrogens with zero attached hydrogens (tertiary/aromatic N) is 1. The van der Waals surface area contributed by atoms with E-state index in [9.17, 15) is 4.79 Å². The molecule has 13 heavy (non-hydrogen) atoms. The van der Waals surface area contributed by atoms with Gasteiger partial charge in [-0.25, -0.2) is 0 Å². The van der Waals surface area contributed by atoms with Crippen molar-refractivity contribution in [2.45, 2.75) is 20.3 Å². The zero-order valence-corrected chi connectivity index (χ0v) is 8.21. The van der Waals surface area contributed by atoms with Crippen molar-refractivity contribution in [3.05, 3.63) is 11.4 Å². The standard InChI is InChI=1S/C9H17N3O/c1-6(2)5-12-8(13)3-7(4-10)9(12)11/h6H,3-5,10-11H2,1-2H3. The summed E-state index contributed by atoms with van der Waals surface area (Å²) >= 11 is 0. The predicted octanol–water partition coefficient (Wildman–Crippen LogP) is 0.00370. The van der Waals surface area contributed by atoms with E-state index in [1.165, 1.54) is 0 Å². The molecule has 0 fully saturated rings. The molecule has 1 amide bonds. The van der Waals surface area contributed by atoms with Crippen LogP contribution >= 0.6 is 0 Å². The molecule has 0 spiro atoms. The number of rotatable bonds is 3. The highest BCUT2D eigenvalue weighted by Crippen LogP contribution is 2.20. The average molecular weight is 183 g/mol. The Morgan fingerprint density at radius 3 is 2.54 bits per heavy atom. The number of hydrogen-bond donors (Lipinski definition) is 2. The van der Waals surface area contributed by atoms with E-state index in [-0.39, 0.29) is 5.91 Å². The zero-order chi connectivity index (χ0) is 10.0. The molecule has 0 saturated carbocycles. The van der Waals surface area contributed by atoms with E-state index in [1.54, 1.807) is 4.90 Å². The Morgan fingerprint density at radius 1 is 1.54 bits per heavy atom. The fourth-order valence-electron chi connectivity index (χ4n) is 1.44. The monoisotopic (exact) mass is 183 g/mol. The number of carbonyl (C=O) groups excluding carboxylic acids is 1. The van der Waals surface area contributed by atoms with Gasteiger partial charge in [0.2, 0.25) is 5.91 Å². The van der Waals surface area contributed by atoms with Gasteiger partial charge in [-0.15, -0.1) is 0 Å². The number of amides is 1. The lowest BCUT2D eigenvalue weighted by Gasteiger charge is -2.19. The van der Waals surface area contributed by atoms with Gasteiger partial charge in [-0.2, -0.15) is 0 Å². The van der Waals surface area contributed by atoms with Gasteiger partial charge in [0.05, 0.1) is 6.42 Å². The fourth-order valence-corrected chi connectivity index (χ4v) is 1.44. The smallest absolute Gasteiger partial charge is 0.232 e. The SMILES string of the molecule is CC(C)CN1C(=O)CC(CN)=C1N. The zero-order valence-electron chi connectivity index (χ0n) is 8.21. The summed E-state index contributed by atoms with van der Waals surface area (Å²) in [6.45, 7) is 5.18. The minimum atomic E-state index is 0.0756. The van der Waals surface area contributed by atoms with Gasteiger partial charge in [0.1, 0.15) is 5.82 Å². The summed E-state index contributed by atoms with van der Waals surface area (Å²) in [5.41, 5.74) is 12.1. The van der Waals surface area contributed by atoms with Gasteiger partial charge in [-0.1, -0.05) is 13.8 Å². The largest absolute Gasteiger partial charge is 0.385 e. The van der Waals surface area contributed by atoms with E-state index in [2.05, 4.69) is 13.8 Å². The molecule has 1 rings (SSSR count). The van der Waals surface area contributed by atoms with Crippen molar-refractivity contribution in [3.8, 4) is 0 Å². The Kier molecular flexibility index (Phi) is 2.93. The third-order valence-corrected chi connectivity index (χ3v) is 2.11. The summed E-state index contributed by atoms with van der Waals surface area (Å²) in [5.74, 6) is 1.08. The molecule has 1 aliphatic heterocycles. The van der Waals surface area contributed by atoms with E-state index in [4.69, 9.17) is 11.5 Å². The maximum Gasteiger partial charge on any atom is 0.232 e. The van der Waals surface area contributed by atoms with E-state index in [1.807, 2.05) is 0 Å². The van der Waals surface area contributed by atoms with Crippen LogP contribution in [-0.4, -0.2) is 23.9 Å². The van der Waals surface area contributed by atoms with E-state index >= 15 is 0 Å². The summed E-state index contributed by atoms with van der Waals surface area (Å²) < 4.78 is 0. The Balaban J connectivity index is 2.74. The maximum absolute atomic E-state index is 11.4. The normalized spacial score (nSPS) is 17.8. The molecule has 4 nitrogen and oxygen atoms in total. The minimum absolute atomic E-state index is 0.0756. The van der Waals surface area contributed by atoms with Gasteiger partial charge < -0.3 is 11.5 Å². The summed E-state index contributed by atoms with van der Waals surface area (Å²) in [6.07, 6.45) is 0.398. The van der Waals surface area contributed by atoms with E-state index in [0.717, 1.165) is 5.57 Å². The van der Waals surface area contributed by atoms with Crippen molar-refractivity contribution in [1.82, 2.24) is 4.90 Å². The summed E-state index contributed by atoms with van der Waals surface area (Å²) in [5, 5.41) is 0. The average Bonchev–Trinajstić information content (AvgIpc) is 2.31. The van der Waals surface area contributed by atoms with Crippen LogP contribution in [-0.2, 0) is 4.79 Å². The number of hydrogen-bond acceptors (Lipinski definition) is 3. The second-order valence-corrected chi connectivity index (χ2v) is 3.77. The summed E-state index contributed by atoms with van der Waals surface area (Å²) in [7, 11) is 0. The Bertz CT molecular complexity index is 245. The molecular formula is C9H17N3O. The van der Waals surface area contributed by atoms with Gasteiger partial charge in [0, 0.05) is 13.1 Å². The lowest BCUT2D eigenvalue weighted by molar-refractivity contribution is -0.127. The molecule has 4 heteroatoms. The van der Waals surface area contributed by atoms with Crippen molar-refractivity contribution in [3.63, 3.8) is 0 Å². The highest BCUT2D eigenvalue weighted by molar-refractivity contribution is 5.84. The molecule has 0 saturated heterocycles. The van der Waals surface area contributed by atoms with Gasteiger partial charge >= 0.3 is 0 Å². The second kappa shape index (κ2) is 3.79. The molecular weight excluding hydrogens is 166 g/mol. The second-order valence-electron chi connectivity index (χ2n) is 3.77. The van der Waals surface area contributed by atoms with Crippen LogP contribution in [0, 0.1) is 5.92 Å². The molecule has 0 radical (unpaired) electrons. The topological polar surface area (TPSA) is 72.3 Å². The molecule has 0 aromatic heterocycles. The molecule has 1 aliphatic rings. The first-order valence-electron chi connectivity index (χ1n) is 4.54. The quantitative estimate of drug-likeness (QED) is 0.647. The van der Waals surface area contributed by atoms with Crippen LogP contribution in [0.3, 0.4) is 0 Å². The lowest BCUT2D eigenvalue weighted by Crippen LogP contribution is -2.32. The van der Waals surface area contributed by atoms with Crippen LogP contribution in [0.4, 0.5) is 0 Å². The van der Waals surface area contributed by atoms with Crippen LogP contribution in [0.25, 0.3) is 0 Å². The summed E-state index contributed by atoms with van der Waals surface area (Å²) in [4.78, 5) is 13.1. The number of carbonyl (C=O) groups is 1. The third-order valence-electron chi connectivity index (χ3n) is 2.11. The Hall–Kier alpha value is -1.03. The molecule has 0 unspecified atom stereocenters. The third kappa shape index (κ3) is 2.01. The van der Waals surface area contributed by atoms with Crippen molar-refractivity contribution in [2.24, 2.45) is 17.4 Å². The van der Waals surface area contributed by atoms with Gasteiger partial charge in [-0.05, 0) is 11.5 Å². The molecule has 4 N–H and O–H groups in total. The Morgan fingerprint density at radius 2 is 2.15 bits per heavy atom. The van der Waals surface area contributed by atoms with Gasteiger partial charge in [0.25, 0.3) is 0 Å². The summed E-state index contributed by atoms with van der Waals surface area (Å²) in [6, 6.07) is 0. The fraction of sp³-hybridized carbons (Fsp3) is 0.667. The first-order chi connectivity index (χ1) is 6.06. The highest BCUT2D eigenvalue weighted by atomic mass is 16.2. The minimum Gasteiger partial charge on any atom is -0.385 e. The van der Waals surface area contributed by atoms with Crippen LogP contribution in [0.5, 0.6) is 0 Å². The molecule has 0 aromatic carbocycles. The maximum atomic E-state index is 11.4. The first-order valence-corrected chi connectivity index (χ1v) is 4.54. The predicted molar refractivity (Wildman–Crippen MR) is 51.4 cm³/mol. The van der Waals surface area contributed by atoms with Crippen LogP contribution in [0.15, 0.2) is 11.4 Å². The molecule has 1 heterocycles. The molecule has 74 valence electrons. The Labute approximate surface area is 78.6 Å². The van der Waals surface area contributed by atoms with Crippen molar-refractivity contribution in [2.75, 3.05) is 13.1 Å². The molecule has 0 bridgehead atoms. The van der Waals surface area contributed by atoms with Crippen molar-refractivity contribution in [1.29, 1.82) is 0 Å². The van der Waals surface area contributed by atoms with Crippen LogP contribution in [0.2, 0.25) is 0 Å². The van der Waals surface area contributed by atoms with Crippen molar-refractivity contribution < 1.29 is 4.79 Å². The molecule has 0 atom stereocenters. The molecule has 0 aromatic rings. The van der Waals surface area contributed by atoms with Crippen molar-refractivity contribution >= 4 is 5.91 Å². The van der Waals surface area contributed by atoms with Crippen LogP contribution in [0.1, 0.15) is 20.3 Å². The highest BCUT2D eigenvalue weighted by Gasteiger charge is 2.27. The van der Waals surface area contributed by atoms with Crippen LogP contribution < -0.4 is 11.5 Å².